The molecular weight excluding hydrogens is 188 g/mol. The Morgan fingerprint density at radius 1 is 1.20 bits per heavy atom. The summed E-state index contributed by atoms with van der Waals surface area (Å²) in [7, 11) is 0. The van der Waals surface area contributed by atoms with Crippen LogP contribution in [0.4, 0.5) is 0 Å². The van der Waals surface area contributed by atoms with Gasteiger partial charge in [-0.05, 0) is 25.2 Å². The number of carboxylic acid groups (broad SMARTS) is 1. The average molecular weight is 212 g/mol. The molecule has 0 atom stereocenters. The summed E-state index contributed by atoms with van der Waals surface area (Å²) in [6, 6.07) is 0. The third-order valence-electron chi connectivity index (χ3n) is 3.71. The van der Waals surface area contributed by atoms with Gasteiger partial charge in [-0.2, -0.15) is 0 Å². The molecule has 0 rings (SSSR count). The summed E-state index contributed by atoms with van der Waals surface area (Å²) >= 11 is 0. The lowest BCUT2D eigenvalue weighted by atomic mass is 9.76. The third kappa shape index (κ3) is 4.50. The number of carboxylic acids is 1. The fourth-order valence-electron chi connectivity index (χ4n) is 1.96. The second-order valence-corrected chi connectivity index (χ2v) is 4.29. The molecule has 0 heterocycles. The van der Waals surface area contributed by atoms with Crippen molar-refractivity contribution in [2.75, 3.05) is 0 Å². The van der Waals surface area contributed by atoms with Crippen LogP contribution in [0.5, 0.6) is 0 Å². The Labute approximate surface area is 93.4 Å². The lowest BCUT2D eigenvalue weighted by molar-refractivity contribution is -0.132. The summed E-state index contributed by atoms with van der Waals surface area (Å²) in [6.07, 6.45) is 7.37. The minimum atomic E-state index is -0.801. The second kappa shape index (κ2) is 6.65. The molecule has 0 aliphatic carbocycles. The molecule has 0 aromatic carbocycles. The Kier molecular flexibility index (Phi) is 6.30. The van der Waals surface area contributed by atoms with Crippen molar-refractivity contribution >= 4 is 5.97 Å². The lowest BCUT2D eigenvalue weighted by Gasteiger charge is -2.30. The number of aliphatic carboxylic acids is 1. The van der Waals surface area contributed by atoms with Gasteiger partial charge in [-0.1, -0.05) is 46.1 Å². The van der Waals surface area contributed by atoms with Gasteiger partial charge in [0.2, 0.25) is 0 Å². The van der Waals surface area contributed by atoms with Crippen LogP contribution in [0.15, 0.2) is 11.6 Å². The van der Waals surface area contributed by atoms with Crippen LogP contribution in [0.2, 0.25) is 0 Å². The first-order valence-electron chi connectivity index (χ1n) is 5.91. The van der Waals surface area contributed by atoms with E-state index in [9.17, 15) is 4.79 Å². The first-order chi connectivity index (χ1) is 7.01. The SMILES string of the molecule is CCC(CC)(CC)CCC=C(C)C(=O)O. The van der Waals surface area contributed by atoms with Crippen molar-refractivity contribution in [3.8, 4) is 0 Å². The number of rotatable bonds is 7. The van der Waals surface area contributed by atoms with Crippen LogP contribution < -0.4 is 0 Å². The van der Waals surface area contributed by atoms with E-state index in [-0.39, 0.29) is 0 Å². The number of hydrogen-bond donors (Lipinski definition) is 1. The summed E-state index contributed by atoms with van der Waals surface area (Å²) in [5.41, 5.74) is 0.877. The van der Waals surface area contributed by atoms with Crippen LogP contribution in [0.3, 0.4) is 0 Å². The Morgan fingerprint density at radius 2 is 1.67 bits per heavy atom. The molecule has 0 unspecified atom stereocenters. The molecule has 0 aliphatic heterocycles. The molecule has 0 bridgehead atoms. The van der Waals surface area contributed by atoms with E-state index in [1.807, 2.05) is 6.08 Å². The van der Waals surface area contributed by atoms with E-state index < -0.39 is 5.97 Å². The molecule has 0 aromatic heterocycles. The normalized spacial score (nSPS) is 12.9. The standard InChI is InChI=1S/C13H24O2/c1-5-13(6-2,7-3)10-8-9-11(4)12(14)15/h9H,5-8,10H2,1-4H3,(H,14,15). The number of allylic oxidation sites excluding steroid dienone is 1. The molecule has 0 fully saturated rings. The summed E-state index contributed by atoms with van der Waals surface area (Å²) in [5.74, 6) is -0.801. The Hall–Kier alpha value is -0.790. The lowest BCUT2D eigenvalue weighted by Crippen LogP contribution is -2.17. The Morgan fingerprint density at radius 3 is 2.00 bits per heavy atom. The van der Waals surface area contributed by atoms with Crippen molar-refractivity contribution < 1.29 is 9.90 Å². The van der Waals surface area contributed by atoms with Crippen LogP contribution in [-0.2, 0) is 4.79 Å². The highest BCUT2D eigenvalue weighted by Crippen LogP contribution is 2.35. The van der Waals surface area contributed by atoms with Gasteiger partial charge in [0.25, 0.3) is 0 Å². The van der Waals surface area contributed by atoms with Gasteiger partial charge in [-0.25, -0.2) is 4.79 Å². The first kappa shape index (κ1) is 14.2. The molecule has 0 saturated carbocycles. The Balaban J connectivity index is 4.23. The summed E-state index contributed by atoms with van der Waals surface area (Å²) < 4.78 is 0. The van der Waals surface area contributed by atoms with Crippen molar-refractivity contribution in [3.05, 3.63) is 11.6 Å². The highest BCUT2D eigenvalue weighted by Gasteiger charge is 2.22. The molecule has 88 valence electrons. The van der Waals surface area contributed by atoms with Crippen molar-refractivity contribution in [3.63, 3.8) is 0 Å². The van der Waals surface area contributed by atoms with Crippen LogP contribution >= 0.6 is 0 Å². The van der Waals surface area contributed by atoms with Gasteiger partial charge in [0, 0.05) is 5.57 Å². The molecule has 2 heteroatoms. The van der Waals surface area contributed by atoms with Gasteiger partial charge in [-0.15, -0.1) is 0 Å². The fraction of sp³-hybridized carbons (Fsp3) is 0.769. The van der Waals surface area contributed by atoms with Crippen molar-refractivity contribution in [1.82, 2.24) is 0 Å². The minimum absolute atomic E-state index is 0.412. The minimum Gasteiger partial charge on any atom is -0.478 e. The van der Waals surface area contributed by atoms with E-state index in [4.69, 9.17) is 5.11 Å². The van der Waals surface area contributed by atoms with Crippen molar-refractivity contribution in [1.29, 1.82) is 0 Å². The largest absolute Gasteiger partial charge is 0.478 e. The predicted molar refractivity (Wildman–Crippen MR) is 63.9 cm³/mol. The third-order valence-corrected chi connectivity index (χ3v) is 3.71. The molecule has 0 spiro atoms. The maximum Gasteiger partial charge on any atom is 0.330 e. The highest BCUT2D eigenvalue weighted by atomic mass is 16.4. The number of carbonyl (C=O) groups is 1. The van der Waals surface area contributed by atoms with Gasteiger partial charge < -0.3 is 5.11 Å². The monoisotopic (exact) mass is 212 g/mol. The topological polar surface area (TPSA) is 37.3 Å². The summed E-state index contributed by atoms with van der Waals surface area (Å²) in [4.78, 5) is 10.6. The van der Waals surface area contributed by atoms with Gasteiger partial charge in [0.05, 0.1) is 0 Å². The molecule has 2 nitrogen and oxygen atoms in total. The fourth-order valence-corrected chi connectivity index (χ4v) is 1.96. The molecule has 0 amide bonds. The van der Waals surface area contributed by atoms with Gasteiger partial charge in [0.15, 0.2) is 0 Å². The van der Waals surface area contributed by atoms with Gasteiger partial charge in [0.1, 0.15) is 0 Å². The quantitative estimate of drug-likeness (QED) is 0.647. The van der Waals surface area contributed by atoms with E-state index in [1.54, 1.807) is 6.92 Å². The molecule has 0 aromatic rings. The highest BCUT2D eigenvalue weighted by molar-refractivity contribution is 5.85. The molecule has 0 aliphatic rings. The zero-order valence-corrected chi connectivity index (χ0v) is 10.5. The molecule has 15 heavy (non-hydrogen) atoms. The maximum absolute atomic E-state index is 10.6. The van der Waals surface area contributed by atoms with E-state index >= 15 is 0 Å². The van der Waals surface area contributed by atoms with Crippen LogP contribution in [0.25, 0.3) is 0 Å². The average Bonchev–Trinajstić information content (AvgIpc) is 2.24. The smallest absolute Gasteiger partial charge is 0.330 e. The van der Waals surface area contributed by atoms with Crippen molar-refractivity contribution in [2.24, 2.45) is 5.41 Å². The van der Waals surface area contributed by atoms with Crippen molar-refractivity contribution in [2.45, 2.75) is 59.8 Å². The zero-order chi connectivity index (χ0) is 11.9. The van der Waals surface area contributed by atoms with Crippen LogP contribution in [0, 0.1) is 5.41 Å². The summed E-state index contributed by atoms with van der Waals surface area (Å²) in [5, 5.41) is 8.71. The second-order valence-electron chi connectivity index (χ2n) is 4.29. The first-order valence-corrected chi connectivity index (χ1v) is 5.91. The van der Waals surface area contributed by atoms with Crippen LogP contribution in [-0.4, -0.2) is 11.1 Å². The molecule has 0 radical (unpaired) electrons. The Bertz CT molecular complexity index is 216. The van der Waals surface area contributed by atoms with E-state index in [1.165, 1.54) is 19.3 Å². The molecule has 1 N–H and O–H groups in total. The predicted octanol–water partition coefficient (Wildman–Crippen LogP) is 4.01. The van der Waals surface area contributed by atoms with E-state index in [0.29, 0.717) is 11.0 Å². The van der Waals surface area contributed by atoms with E-state index in [0.717, 1.165) is 12.8 Å². The molecule has 0 saturated heterocycles. The van der Waals surface area contributed by atoms with Crippen LogP contribution in [0.1, 0.15) is 59.8 Å². The van der Waals surface area contributed by atoms with Gasteiger partial charge >= 0.3 is 5.97 Å². The zero-order valence-electron chi connectivity index (χ0n) is 10.5. The number of hydrogen-bond acceptors (Lipinski definition) is 1. The molecular formula is C13H24O2. The summed E-state index contributed by atoms with van der Waals surface area (Å²) in [6.45, 7) is 8.33. The van der Waals surface area contributed by atoms with Gasteiger partial charge in [-0.3, -0.25) is 0 Å². The maximum atomic E-state index is 10.6. The van der Waals surface area contributed by atoms with E-state index in [2.05, 4.69) is 20.8 Å².